The number of para-hydroxylation sites is 1. The van der Waals surface area contributed by atoms with Gasteiger partial charge >= 0.3 is 0 Å². The lowest BCUT2D eigenvalue weighted by molar-refractivity contribution is -0.105. The van der Waals surface area contributed by atoms with E-state index in [-0.39, 0.29) is 11.6 Å². The summed E-state index contributed by atoms with van der Waals surface area (Å²) in [6.07, 6.45) is 5.99. The van der Waals surface area contributed by atoms with Crippen molar-refractivity contribution in [2.24, 2.45) is 0 Å². The highest BCUT2D eigenvalue weighted by molar-refractivity contribution is 5.83. The van der Waals surface area contributed by atoms with Gasteiger partial charge in [0.05, 0.1) is 17.4 Å². The SMILES string of the molecule is O=CNc1c(-c2ccccc2)n(-c2ccccc2)n(C2CCCCC2)c1=O. The molecular formula is C22H23N3O2. The number of hydrogen-bond donors (Lipinski definition) is 1. The molecule has 2 aromatic carbocycles. The molecule has 5 nitrogen and oxygen atoms in total. The zero-order valence-corrected chi connectivity index (χ0v) is 15.2. The van der Waals surface area contributed by atoms with Crippen LogP contribution in [0.2, 0.25) is 0 Å². The van der Waals surface area contributed by atoms with Crippen LogP contribution in [-0.4, -0.2) is 15.8 Å². The number of aromatic nitrogens is 2. The summed E-state index contributed by atoms with van der Waals surface area (Å²) in [4.78, 5) is 24.6. The number of hydrogen-bond acceptors (Lipinski definition) is 2. The van der Waals surface area contributed by atoms with E-state index in [1.54, 1.807) is 0 Å². The third-order valence-corrected chi connectivity index (χ3v) is 5.26. The third kappa shape index (κ3) is 3.21. The summed E-state index contributed by atoms with van der Waals surface area (Å²) in [7, 11) is 0. The highest BCUT2D eigenvalue weighted by Gasteiger charge is 2.27. The number of rotatable bonds is 5. The van der Waals surface area contributed by atoms with E-state index in [9.17, 15) is 9.59 Å². The summed E-state index contributed by atoms with van der Waals surface area (Å²) >= 11 is 0. The molecule has 1 heterocycles. The first-order valence-corrected chi connectivity index (χ1v) is 9.50. The first-order valence-electron chi connectivity index (χ1n) is 9.50. The molecule has 0 bridgehead atoms. The molecule has 0 spiro atoms. The second-order valence-corrected chi connectivity index (χ2v) is 6.94. The van der Waals surface area contributed by atoms with E-state index in [0.717, 1.165) is 42.6 Å². The predicted molar refractivity (Wildman–Crippen MR) is 107 cm³/mol. The van der Waals surface area contributed by atoms with Crippen molar-refractivity contribution in [3.8, 4) is 16.9 Å². The van der Waals surface area contributed by atoms with E-state index in [4.69, 9.17) is 0 Å². The van der Waals surface area contributed by atoms with Crippen LogP contribution in [0.15, 0.2) is 65.5 Å². The molecule has 138 valence electrons. The van der Waals surface area contributed by atoms with Crippen LogP contribution in [0.1, 0.15) is 38.1 Å². The summed E-state index contributed by atoms with van der Waals surface area (Å²) in [6, 6.07) is 19.8. The van der Waals surface area contributed by atoms with Gasteiger partial charge in [-0.3, -0.25) is 9.59 Å². The van der Waals surface area contributed by atoms with Crippen LogP contribution in [0.25, 0.3) is 16.9 Å². The summed E-state index contributed by atoms with van der Waals surface area (Å²) in [5, 5.41) is 2.68. The molecule has 1 fully saturated rings. The maximum absolute atomic E-state index is 13.4. The third-order valence-electron chi connectivity index (χ3n) is 5.26. The predicted octanol–water partition coefficient (Wildman–Crippen LogP) is 4.38. The molecule has 0 unspecified atom stereocenters. The van der Waals surface area contributed by atoms with Crippen LogP contribution in [-0.2, 0) is 4.79 Å². The molecule has 1 amide bonds. The molecule has 1 aromatic heterocycles. The Morgan fingerprint density at radius 1 is 0.889 bits per heavy atom. The van der Waals surface area contributed by atoms with Crippen LogP contribution in [0.5, 0.6) is 0 Å². The average Bonchev–Trinajstić information content (AvgIpc) is 3.03. The Morgan fingerprint density at radius 3 is 2.15 bits per heavy atom. The Kier molecular flexibility index (Phi) is 4.92. The van der Waals surface area contributed by atoms with Crippen molar-refractivity contribution in [3.63, 3.8) is 0 Å². The highest BCUT2D eigenvalue weighted by Crippen LogP contribution is 2.34. The average molecular weight is 361 g/mol. The summed E-state index contributed by atoms with van der Waals surface area (Å²) < 4.78 is 3.84. The van der Waals surface area contributed by atoms with E-state index in [1.165, 1.54) is 6.42 Å². The second-order valence-electron chi connectivity index (χ2n) is 6.94. The number of nitrogens with zero attached hydrogens (tertiary/aromatic N) is 2. The van der Waals surface area contributed by atoms with Gasteiger partial charge in [-0.15, -0.1) is 0 Å². The number of carbonyl (C=O) groups excluding carboxylic acids is 1. The van der Waals surface area contributed by atoms with Gasteiger partial charge in [0.15, 0.2) is 0 Å². The highest BCUT2D eigenvalue weighted by atomic mass is 16.1. The number of anilines is 1. The van der Waals surface area contributed by atoms with Gasteiger partial charge < -0.3 is 5.32 Å². The quantitative estimate of drug-likeness (QED) is 0.686. The smallest absolute Gasteiger partial charge is 0.291 e. The molecule has 1 aliphatic rings. The van der Waals surface area contributed by atoms with Gasteiger partial charge in [-0.1, -0.05) is 67.8 Å². The lowest BCUT2D eigenvalue weighted by Crippen LogP contribution is -2.29. The zero-order valence-electron chi connectivity index (χ0n) is 15.2. The number of amides is 1. The number of benzene rings is 2. The zero-order chi connectivity index (χ0) is 18.6. The molecule has 0 saturated heterocycles. The van der Waals surface area contributed by atoms with Crippen molar-refractivity contribution in [2.75, 3.05) is 5.32 Å². The van der Waals surface area contributed by atoms with E-state index >= 15 is 0 Å². The molecule has 0 atom stereocenters. The van der Waals surface area contributed by atoms with Crippen LogP contribution in [0, 0.1) is 0 Å². The lowest BCUT2D eigenvalue weighted by atomic mass is 9.96. The molecule has 4 rings (SSSR count). The molecule has 1 aliphatic carbocycles. The van der Waals surface area contributed by atoms with Crippen molar-refractivity contribution in [1.82, 2.24) is 9.36 Å². The molecular weight excluding hydrogens is 338 g/mol. The van der Waals surface area contributed by atoms with Crippen molar-refractivity contribution in [1.29, 1.82) is 0 Å². The van der Waals surface area contributed by atoms with Crippen molar-refractivity contribution < 1.29 is 4.79 Å². The van der Waals surface area contributed by atoms with E-state index in [0.29, 0.717) is 12.1 Å². The van der Waals surface area contributed by atoms with Crippen molar-refractivity contribution in [3.05, 3.63) is 71.0 Å². The largest absolute Gasteiger partial charge is 0.322 e. The van der Waals surface area contributed by atoms with Gasteiger partial charge in [-0.25, -0.2) is 9.36 Å². The monoisotopic (exact) mass is 361 g/mol. The fraction of sp³-hybridized carbons (Fsp3) is 0.273. The first kappa shape index (κ1) is 17.3. The van der Waals surface area contributed by atoms with Crippen molar-refractivity contribution >= 4 is 12.1 Å². The minimum absolute atomic E-state index is 0.135. The topological polar surface area (TPSA) is 56.0 Å². The van der Waals surface area contributed by atoms with Crippen LogP contribution in [0.3, 0.4) is 0 Å². The van der Waals surface area contributed by atoms with Gasteiger partial charge in [0.1, 0.15) is 5.69 Å². The maximum Gasteiger partial charge on any atom is 0.291 e. The lowest BCUT2D eigenvalue weighted by Gasteiger charge is -2.26. The normalized spacial score (nSPS) is 14.8. The minimum Gasteiger partial charge on any atom is -0.322 e. The summed E-state index contributed by atoms with van der Waals surface area (Å²) in [6.45, 7) is 0. The Hall–Kier alpha value is -3.08. The Morgan fingerprint density at radius 2 is 1.52 bits per heavy atom. The molecule has 1 N–H and O–H groups in total. The standard InChI is InChI=1S/C22H23N3O2/c26-16-23-20-21(17-10-4-1-5-11-17)24(18-12-6-2-7-13-18)25(22(20)27)19-14-8-3-9-15-19/h1-2,4-7,10-13,16,19H,3,8-9,14-15H2,(H,23,26). The summed E-state index contributed by atoms with van der Waals surface area (Å²) in [5.41, 5.74) is 2.74. The van der Waals surface area contributed by atoms with Crippen LogP contribution in [0.4, 0.5) is 5.69 Å². The molecule has 27 heavy (non-hydrogen) atoms. The molecule has 1 saturated carbocycles. The second kappa shape index (κ2) is 7.66. The first-order chi connectivity index (χ1) is 13.3. The molecule has 0 radical (unpaired) electrons. The van der Waals surface area contributed by atoms with Crippen LogP contribution >= 0.6 is 0 Å². The van der Waals surface area contributed by atoms with Gasteiger partial charge in [-0.05, 0) is 25.0 Å². The van der Waals surface area contributed by atoms with Gasteiger partial charge in [0, 0.05) is 5.56 Å². The fourth-order valence-electron chi connectivity index (χ4n) is 4.05. The number of nitrogens with one attached hydrogen (secondary N) is 1. The Bertz CT molecular complexity index is 968. The molecule has 5 heteroatoms. The van der Waals surface area contributed by atoms with Crippen LogP contribution < -0.4 is 10.9 Å². The van der Waals surface area contributed by atoms with Gasteiger partial charge in [0.2, 0.25) is 6.41 Å². The Balaban J connectivity index is 2.03. The van der Waals surface area contributed by atoms with Crippen molar-refractivity contribution in [2.45, 2.75) is 38.1 Å². The Labute approximate surface area is 158 Å². The fourth-order valence-corrected chi connectivity index (χ4v) is 4.05. The van der Waals surface area contributed by atoms with Gasteiger partial charge in [-0.2, -0.15) is 0 Å². The maximum atomic E-state index is 13.4. The number of carbonyl (C=O) groups is 1. The van der Waals surface area contributed by atoms with E-state index < -0.39 is 0 Å². The van der Waals surface area contributed by atoms with E-state index in [1.807, 2.05) is 70.0 Å². The molecule has 3 aromatic rings. The summed E-state index contributed by atoms with van der Waals surface area (Å²) in [5.74, 6) is 0. The molecule has 0 aliphatic heterocycles. The minimum atomic E-state index is -0.142. The van der Waals surface area contributed by atoms with Gasteiger partial charge in [0.25, 0.3) is 5.56 Å². The van der Waals surface area contributed by atoms with E-state index in [2.05, 4.69) is 5.32 Å².